The molecule has 1 aromatic carbocycles. The normalized spacial score (nSPS) is 11.9. The Kier molecular flexibility index (Phi) is 6.82. The molecule has 1 N–H and O–H groups in total. The Hall–Kier alpha value is -2.93. The Morgan fingerprint density at radius 1 is 1.10 bits per heavy atom. The standard InChI is InChI=1S/C22H25N3O3S/c1-5-21(26)25-15(4)16-10-17(12-23-11-16)20-13-24-22(29-20)28-19-8-6-18(7-9-19)27-14(2)3/h6-15H,5H2,1-4H3,(H,25,26). The second kappa shape index (κ2) is 9.52. The monoisotopic (exact) mass is 411 g/mol. The van der Waals surface area contributed by atoms with Crippen molar-refractivity contribution in [2.24, 2.45) is 0 Å². The zero-order chi connectivity index (χ0) is 20.8. The van der Waals surface area contributed by atoms with E-state index in [1.807, 2.05) is 58.0 Å². The minimum Gasteiger partial charge on any atom is -0.491 e. The minimum absolute atomic E-state index is 0.0150. The van der Waals surface area contributed by atoms with E-state index >= 15 is 0 Å². The number of aromatic nitrogens is 2. The fraction of sp³-hybridized carbons (Fsp3) is 0.318. The van der Waals surface area contributed by atoms with Crippen LogP contribution in [0, 0.1) is 0 Å². The van der Waals surface area contributed by atoms with Crippen molar-refractivity contribution in [1.82, 2.24) is 15.3 Å². The highest BCUT2D eigenvalue weighted by Gasteiger charge is 2.12. The summed E-state index contributed by atoms with van der Waals surface area (Å²) >= 11 is 1.44. The molecule has 0 saturated heterocycles. The van der Waals surface area contributed by atoms with E-state index in [9.17, 15) is 4.79 Å². The SMILES string of the molecule is CCC(=O)NC(C)c1cncc(-c2cnc(Oc3ccc(OC(C)C)cc3)s2)c1. The van der Waals surface area contributed by atoms with Crippen LogP contribution in [0.2, 0.25) is 0 Å². The number of rotatable bonds is 8. The Morgan fingerprint density at radius 2 is 1.83 bits per heavy atom. The fourth-order valence-corrected chi connectivity index (χ4v) is 3.42. The van der Waals surface area contributed by atoms with Crippen molar-refractivity contribution in [3.63, 3.8) is 0 Å². The number of nitrogens with one attached hydrogen (secondary N) is 1. The molecule has 7 heteroatoms. The van der Waals surface area contributed by atoms with Crippen LogP contribution in [-0.2, 0) is 4.79 Å². The van der Waals surface area contributed by atoms with Crippen molar-refractivity contribution in [1.29, 1.82) is 0 Å². The summed E-state index contributed by atoms with van der Waals surface area (Å²) in [6.07, 6.45) is 5.91. The highest BCUT2D eigenvalue weighted by molar-refractivity contribution is 7.16. The van der Waals surface area contributed by atoms with Crippen LogP contribution < -0.4 is 14.8 Å². The quantitative estimate of drug-likeness (QED) is 0.539. The highest BCUT2D eigenvalue weighted by Crippen LogP contribution is 2.34. The van der Waals surface area contributed by atoms with Crippen molar-refractivity contribution in [3.8, 4) is 27.1 Å². The van der Waals surface area contributed by atoms with Gasteiger partial charge in [0.25, 0.3) is 5.19 Å². The Labute approximate surface area is 174 Å². The number of ether oxygens (including phenoxy) is 2. The lowest BCUT2D eigenvalue weighted by Crippen LogP contribution is -2.25. The minimum atomic E-state index is -0.106. The molecule has 0 aliphatic heterocycles. The molecule has 6 nitrogen and oxygen atoms in total. The molecule has 0 fully saturated rings. The Balaban J connectivity index is 1.69. The summed E-state index contributed by atoms with van der Waals surface area (Å²) in [6.45, 7) is 7.76. The van der Waals surface area contributed by atoms with Gasteiger partial charge in [-0.1, -0.05) is 18.3 Å². The Bertz CT molecular complexity index is 954. The van der Waals surface area contributed by atoms with Crippen molar-refractivity contribution < 1.29 is 14.3 Å². The van der Waals surface area contributed by atoms with E-state index in [2.05, 4.69) is 15.3 Å². The maximum Gasteiger partial charge on any atom is 0.279 e. The summed E-state index contributed by atoms with van der Waals surface area (Å²) in [5.41, 5.74) is 1.88. The Morgan fingerprint density at radius 3 is 2.52 bits per heavy atom. The number of carbonyl (C=O) groups is 1. The second-order valence-corrected chi connectivity index (χ2v) is 7.87. The third-order valence-corrected chi connectivity index (χ3v) is 5.05. The highest BCUT2D eigenvalue weighted by atomic mass is 32.1. The molecule has 0 spiro atoms. The maximum absolute atomic E-state index is 11.6. The number of benzene rings is 1. The molecule has 1 unspecified atom stereocenters. The van der Waals surface area contributed by atoms with Gasteiger partial charge in [0.05, 0.1) is 17.0 Å². The van der Waals surface area contributed by atoms with E-state index in [0.29, 0.717) is 17.4 Å². The maximum atomic E-state index is 11.6. The first-order chi connectivity index (χ1) is 13.9. The van der Waals surface area contributed by atoms with Crippen molar-refractivity contribution in [3.05, 3.63) is 54.5 Å². The molecule has 1 atom stereocenters. The zero-order valence-corrected chi connectivity index (χ0v) is 17.8. The largest absolute Gasteiger partial charge is 0.491 e. The van der Waals surface area contributed by atoms with Crippen LogP contribution in [0.1, 0.15) is 45.7 Å². The summed E-state index contributed by atoms with van der Waals surface area (Å²) in [5, 5.41) is 3.50. The van der Waals surface area contributed by atoms with Gasteiger partial charge in [0.1, 0.15) is 11.5 Å². The lowest BCUT2D eigenvalue weighted by atomic mass is 10.1. The molecular weight excluding hydrogens is 386 g/mol. The molecule has 0 bridgehead atoms. The van der Waals surface area contributed by atoms with E-state index in [-0.39, 0.29) is 18.1 Å². The molecule has 0 aliphatic carbocycles. The lowest BCUT2D eigenvalue weighted by Gasteiger charge is -2.14. The van der Waals surface area contributed by atoms with Crippen molar-refractivity contribution >= 4 is 17.2 Å². The van der Waals surface area contributed by atoms with Gasteiger partial charge in [-0.25, -0.2) is 4.98 Å². The number of nitrogens with zero attached hydrogens (tertiary/aromatic N) is 2. The van der Waals surface area contributed by atoms with Gasteiger partial charge in [0.15, 0.2) is 0 Å². The van der Waals surface area contributed by atoms with Crippen LogP contribution >= 0.6 is 11.3 Å². The summed E-state index contributed by atoms with van der Waals surface area (Å²) in [7, 11) is 0. The predicted molar refractivity (Wildman–Crippen MR) is 114 cm³/mol. The van der Waals surface area contributed by atoms with Gasteiger partial charge in [-0.05, 0) is 56.7 Å². The van der Waals surface area contributed by atoms with Crippen molar-refractivity contribution in [2.75, 3.05) is 0 Å². The summed E-state index contributed by atoms with van der Waals surface area (Å²) in [5.74, 6) is 1.52. The molecule has 0 radical (unpaired) electrons. The second-order valence-electron chi connectivity index (χ2n) is 6.88. The molecule has 3 aromatic rings. The molecule has 3 rings (SSSR count). The number of thiazole rings is 1. The summed E-state index contributed by atoms with van der Waals surface area (Å²) < 4.78 is 11.5. The predicted octanol–water partition coefficient (Wildman–Crippen LogP) is 5.37. The molecule has 29 heavy (non-hydrogen) atoms. The first-order valence-electron chi connectivity index (χ1n) is 9.59. The summed E-state index contributed by atoms with van der Waals surface area (Å²) in [6, 6.07) is 9.39. The van der Waals surface area contributed by atoms with Crippen LogP contribution in [0.4, 0.5) is 0 Å². The molecule has 0 saturated carbocycles. The van der Waals surface area contributed by atoms with Crippen LogP contribution in [0.15, 0.2) is 48.9 Å². The van der Waals surface area contributed by atoms with E-state index in [4.69, 9.17) is 9.47 Å². The molecule has 2 heterocycles. The van der Waals surface area contributed by atoms with Gasteiger partial charge >= 0.3 is 0 Å². The van der Waals surface area contributed by atoms with Gasteiger partial charge < -0.3 is 14.8 Å². The molecule has 152 valence electrons. The molecule has 0 aliphatic rings. The number of pyridine rings is 1. The third-order valence-electron chi connectivity index (χ3n) is 4.13. The summed E-state index contributed by atoms with van der Waals surface area (Å²) in [4.78, 5) is 21.3. The van der Waals surface area contributed by atoms with Gasteiger partial charge in [-0.2, -0.15) is 0 Å². The lowest BCUT2D eigenvalue weighted by molar-refractivity contribution is -0.121. The first kappa shape index (κ1) is 20.8. The number of hydrogen-bond acceptors (Lipinski definition) is 6. The van der Waals surface area contributed by atoms with Gasteiger partial charge in [0, 0.05) is 30.6 Å². The topological polar surface area (TPSA) is 73.3 Å². The van der Waals surface area contributed by atoms with E-state index in [1.54, 1.807) is 18.6 Å². The fourth-order valence-electron chi connectivity index (χ4n) is 2.65. The van der Waals surface area contributed by atoms with Crippen LogP contribution in [0.5, 0.6) is 16.7 Å². The molecule has 2 aromatic heterocycles. The third kappa shape index (κ3) is 5.77. The molecule has 1 amide bonds. The van der Waals surface area contributed by atoms with E-state index < -0.39 is 0 Å². The van der Waals surface area contributed by atoms with Gasteiger partial charge in [-0.15, -0.1) is 0 Å². The van der Waals surface area contributed by atoms with Crippen molar-refractivity contribution in [2.45, 2.75) is 46.3 Å². The van der Waals surface area contributed by atoms with Gasteiger partial charge in [-0.3, -0.25) is 9.78 Å². The van der Waals surface area contributed by atoms with E-state index in [1.165, 1.54) is 11.3 Å². The van der Waals surface area contributed by atoms with E-state index in [0.717, 1.165) is 21.8 Å². The number of hydrogen-bond donors (Lipinski definition) is 1. The van der Waals surface area contributed by atoms with Gasteiger partial charge in [0.2, 0.25) is 5.91 Å². The number of carbonyl (C=O) groups excluding carboxylic acids is 1. The first-order valence-corrected chi connectivity index (χ1v) is 10.4. The molecular formula is C22H25N3O3S. The average molecular weight is 412 g/mol. The van der Waals surface area contributed by atoms with Crippen LogP contribution in [0.25, 0.3) is 10.4 Å². The smallest absolute Gasteiger partial charge is 0.279 e. The van der Waals surface area contributed by atoms with Crippen LogP contribution in [-0.4, -0.2) is 22.0 Å². The van der Waals surface area contributed by atoms with Crippen LogP contribution in [0.3, 0.4) is 0 Å². The number of amides is 1. The average Bonchev–Trinajstić information content (AvgIpc) is 3.17. The zero-order valence-electron chi connectivity index (χ0n) is 17.0.